The van der Waals surface area contributed by atoms with Gasteiger partial charge in [0, 0.05) is 12.3 Å². The largest absolute Gasteiger partial charge is 0.481 e. The molecule has 0 saturated carbocycles. The number of H-pyrrole nitrogens is 1. The van der Waals surface area contributed by atoms with E-state index in [2.05, 4.69) is 10.2 Å². The van der Waals surface area contributed by atoms with E-state index in [1.165, 1.54) is 6.92 Å². The van der Waals surface area contributed by atoms with E-state index in [4.69, 9.17) is 5.11 Å². The summed E-state index contributed by atoms with van der Waals surface area (Å²) in [6.45, 7) is 1.49. The Morgan fingerprint density at radius 3 is 2.78 bits per heavy atom. The molecule has 1 aromatic heterocycles. The summed E-state index contributed by atoms with van der Waals surface area (Å²) >= 11 is 0.860. The highest BCUT2D eigenvalue weighted by Crippen LogP contribution is 2.12. The summed E-state index contributed by atoms with van der Waals surface area (Å²) in [5.41, 5.74) is -0.547. The molecule has 18 heavy (non-hydrogen) atoms. The van der Waals surface area contributed by atoms with E-state index >= 15 is 0 Å². The standard InChI is InChI=1S/C8H13N3O5S2/c1-2-18(15,16)4-3-11-7(14)9-10-8(11)17-5-6(12)13/h2-5H2,1H3,(H,9,14)(H,12,13). The minimum atomic E-state index is -3.19. The Morgan fingerprint density at radius 1 is 1.56 bits per heavy atom. The average Bonchev–Trinajstić information content (AvgIpc) is 2.65. The predicted octanol–water partition coefficient (Wildman–Crippen LogP) is -0.817. The summed E-state index contributed by atoms with van der Waals surface area (Å²) in [5.74, 6) is -1.46. The molecule has 2 N–H and O–H groups in total. The molecule has 10 heteroatoms. The van der Waals surface area contributed by atoms with Crippen LogP contribution in [0.25, 0.3) is 0 Å². The molecule has 0 aliphatic carbocycles. The van der Waals surface area contributed by atoms with Crippen LogP contribution in [0, 0.1) is 0 Å². The number of aromatic amines is 1. The number of rotatable bonds is 7. The van der Waals surface area contributed by atoms with Gasteiger partial charge in [0.1, 0.15) is 0 Å². The number of hydrogen-bond donors (Lipinski definition) is 2. The normalized spacial score (nSPS) is 11.6. The van der Waals surface area contributed by atoms with Crippen LogP contribution in [0.3, 0.4) is 0 Å². The van der Waals surface area contributed by atoms with E-state index in [9.17, 15) is 18.0 Å². The fourth-order valence-corrected chi connectivity index (χ4v) is 2.55. The van der Waals surface area contributed by atoms with Crippen molar-refractivity contribution in [3.63, 3.8) is 0 Å². The van der Waals surface area contributed by atoms with E-state index in [-0.39, 0.29) is 29.0 Å². The maximum Gasteiger partial charge on any atom is 0.344 e. The number of carboxylic acid groups (broad SMARTS) is 1. The fourth-order valence-electron chi connectivity index (χ4n) is 1.11. The van der Waals surface area contributed by atoms with Crippen molar-refractivity contribution in [3.8, 4) is 0 Å². The van der Waals surface area contributed by atoms with Gasteiger partial charge in [0.25, 0.3) is 0 Å². The molecule has 0 unspecified atom stereocenters. The molecule has 0 aliphatic heterocycles. The van der Waals surface area contributed by atoms with E-state index < -0.39 is 21.5 Å². The number of hydrogen-bond acceptors (Lipinski definition) is 6. The van der Waals surface area contributed by atoms with Crippen molar-refractivity contribution in [2.24, 2.45) is 0 Å². The van der Waals surface area contributed by atoms with Crippen molar-refractivity contribution in [3.05, 3.63) is 10.5 Å². The van der Waals surface area contributed by atoms with E-state index in [0.29, 0.717) is 0 Å². The van der Waals surface area contributed by atoms with Crippen LogP contribution in [-0.2, 0) is 21.2 Å². The van der Waals surface area contributed by atoms with Gasteiger partial charge in [-0.3, -0.25) is 9.36 Å². The smallest absolute Gasteiger partial charge is 0.344 e. The van der Waals surface area contributed by atoms with E-state index in [1.807, 2.05) is 0 Å². The third kappa shape index (κ3) is 4.18. The summed E-state index contributed by atoms with van der Waals surface area (Å²) in [6.07, 6.45) is 0. The Kier molecular flexibility index (Phi) is 4.96. The van der Waals surface area contributed by atoms with Crippen LogP contribution < -0.4 is 5.69 Å². The predicted molar refractivity (Wildman–Crippen MR) is 65.5 cm³/mol. The molecule has 0 saturated heterocycles. The molecule has 0 fully saturated rings. The molecule has 0 bridgehead atoms. The second-order valence-electron chi connectivity index (χ2n) is 3.38. The van der Waals surface area contributed by atoms with Crippen LogP contribution in [0.5, 0.6) is 0 Å². The molecule has 0 amide bonds. The molecular weight excluding hydrogens is 282 g/mol. The second-order valence-corrected chi connectivity index (χ2v) is 6.80. The van der Waals surface area contributed by atoms with Gasteiger partial charge in [-0.1, -0.05) is 18.7 Å². The minimum Gasteiger partial charge on any atom is -0.481 e. The average molecular weight is 295 g/mol. The van der Waals surface area contributed by atoms with E-state index in [0.717, 1.165) is 16.3 Å². The van der Waals surface area contributed by atoms with Crippen molar-refractivity contribution in [1.29, 1.82) is 0 Å². The Balaban J connectivity index is 2.79. The number of nitrogens with one attached hydrogen (secondary N) is 1. The molecule has 8 nitrogen and oxygen atoms in total. The molecule has 0 radical (unpaired) electrons. The molecule has 1 heterocycles. The highest BCUT2D eigenvalue weighted by atomic mass is 32.2. The van der Waals surface area contributed by atoms with Gasteiger partial charge < -0.3 is 5.11 Å². The zero-order valence-electron chi connectivity index (χ0n) is 9.62. The summed E-state index contributed by atoms with van der Waals surface area (Å²) in [7, 11) is -3.19. The summed E-state index contributed by atoms with van der Waals surface area (Å²) in [4.78, 5) is 21.8. The number of aromatic nitrogens is 3. The van der Waals surface area contributed by atoms with Crippen LogP contribution in [0.4, 0.5) is 0 Å². The molecule has 0 aliphatic rings. The third-order valence-corrected chi connectivity index (χ3v) is 4.76. The molecular formula is C8H13N3O5S2. The monoisotopic (exact) mass is 295 g/mol. The summed E-state index contributed by atoms with van der Waals surface area (Å²) < 4.78 is 23.8. The molecule has 0 spiro atoms. The van der Waals surface area contributed by atoms with Crippen molar-refractivity contribution in [2.75, 3.05) is 17.3 Å². The Labute approximate surface area is 107 Å². The van der Waals surface area contributed by atoms with Gasteiger partial charge in [0.15, 0.2) is 15.0 Å². The first-order chi connectivity index (χ1) is 8.35. The van der Waals surface area contributed by atoms with E-state index in [1.54, 1.807) is 0 Å². The van der Waals surface area contributed by atoms with Gasteiger partial charge in [-0.15, -0.1) is 5.10 Å². The summed E-state index contributed by atoms with van der Waals surface area (Å²) in [6, 6.07) is 0. The molecule has 0 aromatic carbocycles. The van der Waals surface area contributed by atoms with Crippen molar-refractivity contribution < 1.29 is 18.3 Å². The quantitative estimate of drug-likeness (QED) is 0.630. The minimum absolute atomic E-state index is 0.00277. The van der Waals surface area contributed by atoms with Crippen LogP contribution in [0.2, 0.25) is 0 Å². The lowest BCUT2D eigenvalue weighted by Gasteiger charge is -2.04. The number of carbonyl (C=O) groups is 1. The highest BCUT2D eigenvalue weighted by Gasteiger charge is 2.14. The summed E-state index contributed by atoms with van der Waals surface area (Å²) in [5, 5.41) is 14.5. The van der Waals surface area contributed by atoms with Crippen molar-refractivity contribution in [2.45, 2.75) is 18.6 Å². The maximum absolute atomic E-state index is 11.4. The third-order valence-electron chi connectivity index (χ3n) is 2.11. The highest BCUT2D eigenvalue weighted by molar-refractivity contribution is 7.99. The number of thioether (sulfide) groups is 1. The molecule has 1 rings (SSSR count). The Morgan fingerprint density at radius 2 is 2.22 bits per heavy atom. The first-order valence-electron chi connectivity index (χ1n) is 5.06. The Hall–Kier alpha value is -1.29. The zero-order valence-corrected chi connectivity index (χ0v) is 11.3. The van der Waals surface area contributed by atoms with Gasteiger partial charge in [-0.25, -0.2) is 18.3 Å². The van der Waals surface area contributed by atoms with Gasteiger partial charge in [0.05, 0.1) is 11.5 Å². The van der Waals surface area contributed by atoms with Gasteiger partial charge in [-0.05, 0) is 0 Å². The second kappa shape index (κ2) is 6.05. The number of sulfone groups is 1. The van der Waals surface area contributed by atoms with Crippen LogP contribution in [-0.4, -0.2) is 51.5 Å². The van der Waals surface area contributed by atoms with Gasteiger partial charge >= 0.3 is 11.7 Å². The van der Waals surface area contributed by atoms with Crippen molar-refractivity contribution >= 4 is 27.6 Å². The number of carboxylic acids is 1. The first kappa shape index (κ1) is 14.8. The molecule has 0 atom stereocenters. The zero-order chi connectivity index (χ0) is 13.8. The Bertz CT molecular complexity index is 574. The van der Waals surface area contributed by atoms with Crippen molar-refractivity contribution in [1.82, 2.24) is 14.8 Å². The number of nitrogens with zero attached hydrogens (tertiary/aromatic N) is 2. The number of aliphatic carboxylic acids is 1. The topological polar surface area (TPSA) is 122 Å². The fraction of sp³-hybridized carbons (Fsp3) is 0.625. The lowest BCUT2D eigenvalue weighted by molar-refractivity contribution is -0.133. The lowest BCUT2D eigenvalue weighted by Crippen LogP contribution is -2.23. The molecule has 1 aromatic rings. The van der Waals surface area contributed by atoms with Crippen LogP contribution >= 0.6 is 11.8 Å². The van der Waals surface area contributed by atoms with Crippen LogP contribution in [0.15, 0.2) is 9.95 Å². The van der Waals surface area contributed by atoms with Crippen LogP contribution in [0.1, 0.15) is 6.92 Å². The lowest BCUT2D eigenvalue weighted by atomic mass is 10.7. The van der Waals surface area contributed by atoms with Gasteiger partial charge in [-0.2, -0.15) is 0 Å². The molecule has 102 valence electrons. The SMILES string of the molecule is CCS(=O)(=O)CCn1c(SCC(=O)O)n[nH]c1=O. The first-order valence-corrected chi connectivity index (χ1v) is 7.86. The van der Waals surface area contributed by atoms with Gasteiger partial charge in [0.2, 0.25) is 0 Å². The maximum atomic E-state index is 11.4.